The van der Waals surface area contributed by atoms with Crippen LogP contribution in [0.15, 0.2) is 27.6 Å². The zero-order valence-electron chi connectivity index (χ0n) is 7.72. The molecular weight excluding hydrogens is 182 g/mol. The molecule has 14 heavy (non-hydrogen) atoms. The highest BCUT2D eigenvalue weighted by molar-refractivity contribution is 5.98. The Hall–Kier alpha value is -1.84. The van der Waals surface area contributed by atoms with E-state index in [9.17, 15) is 9.59 Å². The molecule has 1 amide bonds. The van der Waals surface area contributed by atoms with Crippen molar-refractivity contribution >= 4 is 5.91 Å². The number of allylic oxidation sites excluding steroid dienone is 1. The first-order valence-corrected chi connectivity index (χ1v) is 4.20. The molecule has 0 aromatic carbocycles. The van der Waals surface area contributed by atoms with Gasteiger partial charge in [0.25, 0.3) is 5.91 Å². The molecule has 72 valence electrons. The fourth-order valence-electron chi connectivity index (χ4n) is 1.56. The van der Waals surface area contributed by atoms with Crippen LogP contribution in [-0.4, -0.2) is 5.91 Å². The number of hydrogen-bond donors (Lipinski definition) is 1. The van der Waals surface area contributed by atoms with E-state index < -0.39 is 5.63 Å². The number of carbonyl (C=O) groups excluding carboxylic acids is 1. The Morgan fingerprint density at radius 2 is 2.21 bits per heavy atom. The largest absolute Gasteiger partial charge is 0.427 e. The summed E-state index contributed by atoms with van der Waals surface area (Å²) < 4.78 is 4.94. The Morgan fingerprint density at radius 3 is 2.93 bits per heavy atom. The molecule has 0 fully saturated rings. The third kappa shape index (κ3) is 1.25. The van der Waals surface area contributed by atoms with E-state index in [0.717, 1.165) is 0 Å². The quantitative estimate of drug-likeness (QED) is 0.658. The summed E-state index contributed by atoms with van der Waals surface area (Å²) in [6, 6.07) is 1.31. The van der Waals surface area contributed by atoms with Crippen LogP contribution in [0.3, 0.4) is 0 Å². The molecule has 1 aromatic rings. The molecule has 4 heteroatoms. The molecule has 1 aromatic heterocycles. The van der Waals surface area contributed by atoms with Crippen molar-refractivity contribution < 1.29 is 9.21 Å². The molecular formula is C10H9NO3. The Balaban J connectivity index is 2.70. The molecule has 1 aliphatic heterocycles. The predicted molar refractivity (Wildman–Crippen MR) is 50.0 cm³/mol. The number of fused-ring (bicyclic) bond motifs is 1. The first-order valence-electron chi connectivity index (χ1n) is 4.20. The predicted octanol–water partition coefficient (Wildman–Crippen LogP) is 0.748. The summed E-state index contributed by atoms with van der Waals surface area (Å²) in [7, 11) is 0. The van der Waals surface area contributed by atoms with Gasteiger partial charge in [-0.05, 0) is 12.5 Å². The normalized spacial score (nSPS) is 14.9. The number of amides is 1. The summed E-state index contributed by atoms with van der Waals surface area (Å²) in [5.74, 6) is 0.154. The minimum absolute atomic E-state index is 0.252. The van der Waals surface area contributed by atoms with Crippen molar-refractivity contribution in [3.63, 3.8) is 0 Å². The molecule has 2 rings (SSSR count). The summed E-state index contributed by atoms with van der Waals surface area (Å²) in [6.45, 7) is 5.34. The Kier molecular flexibility index (Phi) is 1.77. The molecule has 0 saturated carbocycles. The van der Waals surface area contributed by atoms with Crippen molar-refractivity contribution in [2.24, 2.45) is 0 Å². The van der Waals surface area contributed by atoms with Crippen molar-refractivity contribution in [1.29, 1.82) is 0 Å². The summed E-state index contributed by atoms with van der Waals surface area (Å²) in [5, 5.41) is 2.60. The van der Waals surface area contributed by atoms with Gasteiger partial charge in [-0.15, -0.1) is 0 Å². The van der Waals surface area contributed by atoms with Crippen LogP contribution in [-0.2, 0) is 6.42 Å². The van der Waals surface area contributed by atoms with Gasteiger partial charge in [0.1, 0.15) is 5.76 Å². The first-order chi connectivity index (χ1) is 6.58. The second-order valence-corrected chi connectivity index (χ2v) is 3.28. The molecule has 0 saturated heterocycles. The minimum Gasteiger partial charge on any atom is -0.427 e. The van der Waals surface area contributed by atoms with Gasteiger partial charge in [0.15, 0.2) is 0 Å². The monoisotopic (exact) mass is 191 g/mol. The summed E-state index contributed by atoms with van der Waals surface area (Å²) >= 11 is 0. The van der Waals surface area contributed by atoms with Crippen molar-refractivity contribution in [2.75, 3.05) is 0 Å². The molecule has 0 atom stereocenters. The number of aryl methyl sites for hydroxylation is 1. The molecule has 0 unspecified atom stereocenters. The zero-order chi connectivity index (χ0) is 10.3. The van der Waals surface area contributed by atoms with Crippen LogP contribution in [0.2, 0.25) is 0 Å². The van der Waals surface area contributed by atoms with Gasteiger partial charge >= 0.3 is 5.63 Å². The van der Waals surface area contributed by atoms with Crippen LogP contribution < -0.4 is 10.9 Å². The van der Waals surface area contributed by atoms with Crippen LogP contribution in [0.4, 0.5) is 0 Å². The van der Waals surface area contributed by atoms with Gasteiger partial charge in [-0.1, -0.05) is 6.58 Å². The van der Waals surface area contributed by atoms with Gasteiger partial charge in [-0.3, -0.25) is 4.79 Å². The molecule has 0 bridgehead atoms. The van der Waals surface area contributed by atoms with Crippen LogP contribution in [0, 0.1) is 6.92 Å². The fourth-order valence-corrected chi connectivity index (χ4v) is 1.56. The first kappa shape index (κ1) is 8.74. The molecule has 0 aliphatic carbocycles. The molecule has 1 aliphatic rings. The molecule has 4 nitrogen and oxygen atoms in total. The standard InChI is InChI=1S/C10H9NO3/c1-5-3-8(12)14-7-4-6(2)11-10(13)9(5)7/h3H,2,4H2,1H3,(H,11,13). The number of carbonyl (C=O) groups is 1. The van der Waals surface area contributed by atoms with E-state index in [-0.39, 0.29) is 5.91 Å². The number of hydrogen-bond acceptors (Lipinski definition) is 3. The van der Waals surface area contributed by atoms with Crippen LogP contribution >= 0.6 is 0 Å². The van der Waals surface area contributed by atoms with Crippen molar-refractivity contribution in [1.82, 2.24) is 5.32 Å². The maximum Gasteiger partial charge on any atom is 0.336 e. The maximum atomic E-state index is 11.5. The average molecular weight is 191 g/mol. The SMILES string of the molecule is C=C1Cc2oc(=O)cc(C)c2C(=O)N1. The lowest BCUT2D eigenvalue weighted by Crippen LogP contribution is -2.31. The average Bonchev–Trinajstić information content (AvgIpc) is 1.99. The highest BCUT2D eigenvalue weighted by Gasteiger charge is 2.23. The minimum atomic E-state index is -0.427. The lowest BCUT2D eigenvalue weighted by Gasteiger charge is -2.17. The van der Waals surface area contributed by atoms with E-state index in [1.807, 2.05) is 0 Å². The molecule has 2 heterocycles. The summed E-state index contributed by atoms with van der Waals surface area (Å²) in [6.07, 6.45) is 0.387. The van der Waals surface area contributed by atoms with Gasteiger partial charge in [0, 0.05) is 18.2 Å². The van der Waals surface area contributed by atoms with Gasteiger partial charge in [0.2, 0.25) is 0 Å². The summed E-state index contributed by atoms with van der Waals surface area (Å²) in [4.78, 5) is 22.5. The third-order valence-electron chi connectivity index (χ3n) is 2.12. The van der Waals surface area contributed by atoms with Crippen LogP contribution in [0.5, 0.6) is 0 Å². The molecule has 0 radical (unpaired) electrons. The second-order valence-electron chi connectivity index (χ2n) is 3.28. The van der Waals surface area contributed by atoms with E-state index >= 15 is 0 Å². The lowest BCUT2D eigenvalue weighted by atomic mass is 10.0. The smallest absolute Gasteiger partial charge is 0.336 e. The van der Waals surface area contributed by atoms with E-state index in [1.54, 1.807) is 6.92 Å². The van der Waals surface area contributed by atoms with Gasteiger partial charge < -0.3 is 9.73 Å². The lowest BCUT2D eigenvalue weighted by molar-refractivity contribution is 0.0953. The maximum absolute atomic E-state index is 11.5. The zero-order valence-corrected chi connectivity index (χ0v) is 7.72. The Bertz CT molecular complexity index is 485. The van der Waals surface area contributed by atoms with Crippen molar-refractivity contribution in [2.45, 2.75) is 13.3 Å². The van der Waals surface area contributed by atoms with Crippen molar-refractivity contribution in [3.8, 4) is 0 Å². The highest BCUT2D eigenvalue weighted by atomic mass is 16.4. The summed E-state index contributed by atoms with van der Waals surface area (Å²) in [5.41, 5.74) is 1.22. The van der Waals surface area contributed by atoms with Crippen LogP contribution in [0.25, 0.3) is 0 Å². The van der Waals surface area contributed by atoms with E-state index in [2.05, 4.69) is 11.9 Å². The number of nitrogens with one attached hydrogen (secondary N) is 1. The molecule has 0 spiro atoms. The van der Waals surface area contributed by atoms with Gasteiger partial charge in [-0.2, -0.15) is 0 Å². The Labute approximate surface area is 80.2 Å². The van der Waals surface area contributed by atoms with E-state index in [1.165, 1.54) is 6.07 Å². The fraction of sp³-hybridized carbons (Fsp3) is 0.200. The third-order valence-corrected chi connectivity index (χ3v) is 2.12. The van der Waals surface area contributed by atoms with E-state index in [0.29, 0.717) is 29.0 Å². The van der Waals surface area contributed by atoms with E-state index in [4.69, 9.17) is 4.42 Å². The van der Waals surface area contributed by atoms with Crippen molar-refractivity contribution in [3.05, 3.63) is 45.6 Å². The highest BCUT2D eigenvalue weighted by Crippen LogP contribution is 2.18. The van der Waals surface area contributed by atoms with Gasteiger partial charge in [0.05, 0.1) is 5.56 Å². The Morgan fingerprint density at radius 1 is 1.50 bits per heavy atom. The van der Waals surface area contributed by atoms with Crippen LogP contribution in [0.1, 0.15) is 21.7 Å². The second kappa shape index (κ2) is 2.83. The molecule has 1 N–H and O–H groups in total. The number of rotatable bonds is 0. The van der Waals surface area contributed by atoms with Gasteiger partial charge in [-0.25, -0.2) is 4.79 Å². The topological polar surface area (TPSA) is 59.3 Å².